The van der Waals surface area contributed by atoms with Gasteiger partial charge in [-0.05, 0) is 20.3 Å². The molecule has 0 aromatic carbocycles. The zero-order valence-corrected chi connectivity index (χ0v) is 12.0. The van der Waals surface area contributed by atoms with Crippen LogP contribution in [0, 0.1) is 5.92 Å². The largest absolute Gasteiger partial charge is 0.464 e. The monoisotopic (exact) mass is 273 g/mol. The molecule has 110 valence electrons. The van der Waals surface area contributed by atoms with Gasteiger partial charge in [0.15, 0.2) is 0 Å². The Morgan fingerprint density at radius 3 is 1.84 bits per heavy atom. The second-order valence-electron chi connectivity index (χ2n) is 4.14. The molecule has 19 heavy (non-hydrogen) atoms. The first-order valence-corrected chi connectivity index (χ1v) is 6.61. The number of amides is 1. The van der Waals surface area contributed by atoms with Crippen molar-refractivity contribution in [2.45, 2.75) is 46.6 Å². The second-order valence-corrected chi connectivity index (χ2v) is 4.14. The third kappa shape index (κ3) is 6.22. The predicted octanol–water partition coefficient (Wildman–Crippen LogP) is 1.03. The van der Waals surface area contributed by atoms with Crippen molar-refractivity contribution in [2.24, 2.45) is 5.92 Å². The summed E-state index contributed by atoms with van der Waals surface area (Å²) in [6.45, 7) is 7.22. The average molecular weight is 273 g/mol. The quantitative estimate of drug-likeness (QED) is 0.527. The summed E-state index contributed by atoms with van der Waals surface area (Å²) in [6.07, 6.45) is 1.53. The maximum atomic E-state index is 11.8. The van der Waals surface area contributed by atoms with Crippen LogP contribution in [0.3, 0.4) is 0 Å². The molecule has 0 saturated carbocycles. The Bertz CT molecular complexity index is 298. The van der Waals surface area contributed by atoms with Gasteiger partial charge in [0.25, 0.3) is 0 Å². The lowest BCUT2D eigenvalue weighted by Gasteiger charge is -2.18. The van der Waals surface area contributed by atoms with Crippen molar-refractivity contribution in [1.82, 2.24) is 5.32 Å². The minimum Gasteiger partial charge on any atom is -0.464 e. The molecular formula is C13H23NO5. The van der Waals surface area contributed by atoms with Gasteiger partial charge in [0, 0.05) is 5.92 Å². The number of carbonyl (C=O) groups excluding carboxylic acids is 3. The van der Waals surface area contributed by atoms with Gasteiger partial charge in [-0.15, -0.1) is 0 Å². The Labute approximate surface area is 113 Å². The molecule has 1 unspecified atom stereocenters. The Kier molecular flexibility index (Phi) is 8.57. The van der Waals surface area contributed by atoms with Crippen molar-refractivity contribution in [3.05, 3.63) is 0 Å². The lowest BCUT2D eigenvalue weighted by atomic mass is 10.1. The molecule has 0 aliphatic carbocycles. The SMILES string of the molecule is CCCC(C)C(=O)NC(C(=O)OCC)C(=O)OCC. The Balaban J connectivity index is 4.70. The number of carbonyl (C=O) groups is 3. The molecule has 0 heterocycles. The molecule has 0 saturated heterocycles. The molecule has 6 nitrogen and oxygen atoms in total. The van der Waals surface area contributed by atoms with E-state index in [4.69, 9.17) is 9.47 Å². The van der Waals surface area contributed by atoms with Crippen LogP contribution in [-0.4, -0.2) is 37.1 Å². The molecule has 1 amide bonds. The summed E-state index contributed by atoms with van der Waals surface area (Å²) in [7, 11) is 0. The van der Waals surface area contributed by atoms with Crippen molar-refractivity contribution in [1.29, 1.82) is 0 Å². The van der Waals surface area contributed by atoms with Gasteiger partial charge in [-0.25, -0.2) is 9.59 Å². The number of nitrogens with one attached hydrogen (secondary N) is 1. The highest BCUT2D eigenvalue weighted by molar-refractivity contribution is 6.02. The molecule has 0 aliphatic heterocycles. The lowest BCUT2D eigenvalue weighted by Crippen LogP contribution is -2.49. The molecule has 0 aromatic rings. The smallest absolute Gasteiger partial charge is 0.340 e. The maximum Gasteiger partial charge on any atom is 0.340 e. The van der Waals surface area contributed by atoms with Crippen molar-refractivity contribution in [3.63, 3.8) is 0 Å². The molecule has 1 atom stereocenters. The van der Waals surface area contributed by atoms with Crippen molar-refractivity contribution in [2.75, 3.05) is 13.2 Å². The summed E-state index contributed by atoms with van der Waals surface area (Å²) < 4.78 is 9.52. The summed E-state index contributed by atoms with van der Waals surface area (Å²) in [5, 5.41) is 2.38. The molecule has 0 fully saturated rings. The Hall–Kier alpha value is -1.59. The fraction of sp³-hybridized carbons (Fsp3) is 0.769. The fourth-order valence-electron chi connectivity index (χ4n) is 1.51. The van der Waals surface area contributed by atoms with E-state index in [9.17, 15) is 14.4 Å². The minimum atomic E-state index is -1.38. The highest BCUT2D eigenvalue weighted by atomic mass is 16.6. The normalized spacial score (nSPS) is 11.8. The van der Waals surface area contributed by atoms with E-state index in [2.05, 4.69) is 5.32 Å². The van der Waals surface area contributed by atoms with Crippen LogP contribution in [0.5, 0.6) is 0 Å². The van der Waals surface area contributed by atoms with E-state index >= 15 is 0 Å². The van der Waals surface area contributed by atoms with Gasteiger partial charge in [0.2, 0.25) is 11.9 Å². The van der Waals surface area contributed by atoms with Gasteiger partial charge in [0.05, 0.1) is 13.2 Å². The highest BCUT2D eigenvalue weighted by Crippen LogP contribution is 2.06. The predicted molar refractivity (Wildman–Crippen MR) is 69.3 cm³/mol. The van der Waals surface area contributed by atoms with Gasteiger partial charge >= 0.3 is 11.9 Å². The van der Waals surface area contributed by atoms with E-state index in [1.165, 1.54) is 0 Å². The molecule has 6 heteroatoms. The third-order valence-electron chi connectivity index (χ3n) is 2.50. The van der Waals surface area contributed by atoms with Crippen LogP contribution in [0.15, 0.2) is 0 Å². The average Bonchev–Trinajstić information content (AvgIpc) is 2.36. The molecule has 0 spiro atoms. The van der Waals surface area contributed by atoms with Gasteiger partial charge in [-0.2, -0.15) is 0 Å². The molecular weight excluding hydrogens is 250 g/mol. The summed E-state index contributed by atoms with van der Waals surface area (Å²) in [6, 6.07) is -1.38. The van der Waals surface area contributed by atoms with Crippen LogP contribution >= 0.6 is 0 Å². The number of ether oxygens (including phenoxy) is 2. The van der Waals surface area contributed by atoms with Gasteiger partial charge < -0.3 is 14.8 Å². The summed E-state index contributed by atoms with van der Waals surface area (Å²) in [5.74, 6) is -2.21. The first-order chi connectivity index (χ1) is 8.97. The van der Waals surface area contributed by atoms with Crippen molar-refractivity contribution >= 4 is 17.8 Å². The van der Waals surface area contributed by atoms with E-state index in [0.29, 0.717) is 6.42 Å². The fourth-order valence-corrected chi connectivity index (χ4v) is 1.51. The van der Waals surface area contributed by atoms with Crippen LogP contribution in [0.2, 0.25) is 0 Å². The van der Waals surface area contributed by atoms with E-state index in [1.54, 1.807) is 20.8 Å². The summed E-state index contributed by atoms with van der Waals surface area (Å²) in [4.78, 5) is 35.1. The van der Waals surface area contributed by atoms with Gasteiger partial charge in [0.1, 0.15) is 0 Å². The Morgan fingerprint density at radius 2 is 1.47 bits per heavy atom. The zero-order valence-electron chi connectivity index (χ0n) is 12.0. The number of hydrogen-bond donors (Lipinski definition) is 1. The molecule has 0 bridgehead atoms. The molecule has 0 rings (SSSR count). The standard InChI is InChI=1S/C13H23NO5/c1-5-8-9(4)11(15)14-10(12(16)18-6-2)13(17)19-7-3/h9-10H,5-8H2,1-4H3,(H,14,15). The topological polar surface area (TPSA) is 81.7 Å². The highest BCUT2D eigenvalue weighted by Gasteiger charge is 2.32. The lowest BCUT2D eigenvalue weighted by molar-refractivity contribution is -0.159. The van der Waals surface area contributed by atoms with Crippen LogP contribution < -0.4 is 5.32 Å². The van der Waals surface area contributed by atoms with Crippen LogP contribution in [0.1, 0.15) is 40.5 Å². The van der Waals surface area contributed by atoms with Gasteiger partial charge in [-0.3, -0.25) is 4.79 Å². The number of rotatable bonds is 8. The van der Waals surface area contributed by atoms with Crippen molar-refractivity contribution < 1.29 is 23.9 Å². The van der Waals surface area contributed by atoms with E-state index in [-0.39, 0.29) is 25.0 Å². The first-order valence-electron chi connectivity index (χ1n) is 6.61. The summed E-state index contributed by atoms with van der Waals surface area (Å²) >= 11 is 0. The second kappa shape index (κ2) is 9.35. The van der Waals surface area contributed by atoms with Crippen molar-refractivity contribution in [3.8, 4) is 0 Å². The van der Waals surface area contributed by atoms with Crippen LogP contribution in [0.4, 0.5) is 0 Å². The number of hydrogen-bond acceptors (Lipinski definition) is 5. The first kappa shape index (κ1) is 17.4. The molecule has 0 aromatic heterocycles. The van der Waals surface area contributed by atoms with Crippen LogP contribution in [-0.2, 0) is 23.9 Å². The Morgan fingerprint density at radius 1 is 1.00 bits per heavy atom. The van der Waals surface area contributed by atoms with E-state index < -0.39 is 18.0 Å². The van der Waals surface area contributed by atoms with Crippen LogP contribution in [0.25, 0.3) is 0 Å². The summed E-state index contributed by atoms with van der Waals surface area (Å²) in [5.41, 5.74) is 0. The zero-order chi connectivity index (χ0) is 14.8. The maximum absolute atomic E-state index is 11.8. The van der Waals surface area contributed by atoms with Gasteiger partial charge in [-0.1, -0.05) is 20.3 Å². The minimum absolute atomic E-state index is 0.134. The molecule has 1 N–H and O–H groups in total. The molecule has 0 radical (unpaired) electrons. The van der Waals surface area contributed by atoms with E-state index in [0.717, 1.165) is 6.42 Å². The molecule has 0 aliphatic rings. The third-order valence-corrected chi connectivity index (χ3v) is 2.50. The number of esters is 2. The van der Waals surface area contributed by atoms with E-state index in [1.807, 2.05) is 6.92 Å².